The van der Waals surface area contributed by atoms with E-state index in [2.05, 4.69) is 10.3 Å². The lowest BCUT2D eigenvalue weighted by Crippen LogP contribution is -2.34. The van der Waals surface area contributed by atoms with Crippen LogP contribution in [0.25, 0.3) is 0 Å². The third-order valence-electron chi connectivity index (χ3n) is 3.01. The van der Waals surface area contributed by atoms with Gasteiger partial charge < -0.3 is 10.4 Å². The predicted octanol–water partition coefficient (Wildman–Crippen LogP) is 2.24. The fourth-order valence-electron chi connectivity index (χ4n) is 2.03. The van der Waals surface area contributed by atoms with E-state index >= 15 is 0 Å². The summed E-state index contributed by atoms with van der Waals surface area (Å²) in [5.74, 6) is -1.40. The Balaban J connectivity index is 2.09. The Kier molecular flexibility index (Phi) is 4.70. The maximum atomic E-state index is 12.1. The first-order chi connectivity index (χ1) is 9.97. The summed E-state index contributed by atoms with van der Waals surface area (Å²) in [6.45, 7) is 3.72. The van der Waals surface area contributed by atoms with Crippen LogP contribution >= 0.6 is 11.3 Å². The van der Waals surface area contributed by atoms with Crippen molar-refractivity contribution in [3.63, 3.8) is 0 Å². The topological polar surface area (TPSA) is 79.3 Å². The zero-order chi connectivity index (χ0) is 15.4. The highest BCUT2D eigenvalue weighted by Crippen LogP contribution is 2.18. The molecule has 6 heteroatoms. The average molecular weight is 304 g/mol. The van der Waals surface area contributed by atoms with Crippen molar-refractivity contribution in [3.05, 3.63) is 51.5 Å². The average Bonchev–Trinajstić information content (AvgIpc) is 2.75. The van der Waals surface area contributed by atoms with Gasteiger partial charge in [-0.05, 0) is 19.4 Å². The van der Waals surface area contributed by atoms with Gasteiger partial charge in [0.25, 0.3) is 0 Å². The molecule has 0 saturated heterocycles. The normalized spacial score (nSPS) is 11.9. The third kappa shape index (κ3) is 3.88. The number of aromatic nitrogens is 1. The Hall–Kier alpha value is -2.21. The van der Waals surface area contributed by atoms with Crippen LogP contribution in [0.1, 0.15) is 27.2 Å². The minimum Gasteiger partial charge on any atom is -0.479 e. The number of carbonyl (C=O) groups excluding carboxylic acids is 1. The Morgan fingerprint density at radius 1 is 1.29 bits per heavy atom. The molecule has 5 nitrogen and oxygen atoms in total. The fourth-order valence-corrected chi connectivity index (χ4v) is 2.96. The molecule has 1 aromatic carbocycles. The van der Waals surface area contributed by atoms with Crippen molar-refractivity contribution in [2.45, 2.75) is 26.3 Å². The van der Waals surface area contributed by atoms with Gasteiger partial charge in [0, 0.05) is 4.88 Å². The molecule has 0 fully saturated rings. The quantitative estimate of drug-likeness (QED) is 0.888. The number of rotatable bonds is 5. The van der Waals surface area contributed by atoms with Crippen molar-refractivity contribution in [1.82, 2.24) is 10.3 Å². The fraction of sp³-hybridized carbons (Fsp3) is 0.267. The molecule has 2 rings (SSSR count). The second kappa shape index (κ2) is 6.49. The molecule has 0 aliphatic rings. The second-order valence-electron chi connectivity index (χ2n) is 4.67. The van der Waals surface area contributed by atoms with E-state index in [1.165, 1.54) is 11.3 Å². The smallest absolute Gasteiger partial charge is 0.330 e. The van der Waals surface area contributed by atoms with Gasteiger partial charge in [-0.1, -0.05) is 30.3 Å². The molecule has 2 aromatic rings. The van der Waals surface area contributed by atoms with Gasteiger partial charge in [0.1, 0.15) is 0 Å². The van der Waals surface area contributed by atoms with Gasteiger partial charge in [-0.25, -0.2) is 9.78 Å². The molecular formula is C15H16N2O3S. The van der Waals surface area contributed by atoms with E-state index < -0.39 is 12.0 Å². The summed E-state index contributed by atoms with van der Waals surface area (Å²) in [6, 6.07) is 7.62. The number of carboxylic acid groups (broad SMARTS) is 1. The summed E-state index contributed by atoms with van der Waals surface area (Å²) in [5.41, 5.74) is 1.37. The van der Waals surface area contributed by atoms with Crippen molar-refractivity contribution < 1.29 is 14.7 Å². The van der Waals surface area contributed by atoms with Gasteiger partial charge in [-0.15, -0.1) is 11.3 Å². The molecule has 0 spiro atoms. The first-order valence-corrected chi connectivity index (χ1v) is 7.29. The van der Waals surface area contributed by atoms with Crippen molar-refractivity contribution in [2.24, 2.45) is 0 Å². The monoisotopic (exact) mass is 304 g/mol. The Morgan fingerprint density at radius 2 is 1.95 bits per heavy atom. The summed E-state index contributed by atoms with van der Waals surface area (Å²) in [4.78, 5) is 28.5. The van der Waals surface area contributed by atoms with Crippen LogP contribution < -0.4 is 5.32 Å². The molecular weight excluding hydrogens is 288 g/mol. The van der Waals surface area contributed by atoms with Crippen LogP contribution in [0.15, 0.2) is 30.3 Å². The van der Waals surface area contributed by atoms with Gasteiger partial charge in [0.15, 0.2) is 6.04 Å². The van der Waals surface area contributed by atoms with E-state index in [0.717, 1.165) is 15.6 Å². The van der Waals surface area contributed by atoms with E-state index in [4.69, 9.17) is 0 Å². The van der Waals surface area contributed by atoms with Crippen molar-refractivity contribution in [3.8, 4) is 0 Å². The number of hydrogen-bond donors (Lipinski definition) is 2. The number of nitrogens with one attached hydrogen (secondary N) is 1. The molecule has 0 bridgehead atoms. The molecule has 0 aliphatic heterocycles. The summed E-state index contributed by atoms with van der Waals surface area (Å²) in [7, 11) is 0. The van der Waals surface area contributed by atoms with Crippen LogP contribution in [0.5, 0.6) is 0 Å². The summed E-state index contributed by atoms with van der Waals surface area (Å²) < 4.78 is 0. The van der Waals surface area contributed by atoms with Gasteiger partial charge in [-0.2, -0.15) is 0 Å². The van der Waals surface area contributed by atoms with Gasteiger partial charge in [-0.3, -0.25) is 4.79 Å². The zero-order valence-corrected chi connectivity index (χ0v) is 12.6. The standard InChI is InChI=1S/C15H16N2O3S/c1-9-12(21-10(2)16-9)8-13(18)17-14(15(19)20)11-6-4-3-5-7-11/h3-7,14H,8H2,1-2H3,(H,17,18)(H,19,20). The molecule has 1 heterocycles. The zero-order valence-electron chi connectivity index (χ0n) is 11.8. The Bertz CT molecular complexity index is 652. The molecule has 1 unspecified atom stereocenters. The number of carbonyl (C=O) groups is 2. The second-order valence-corrected chi connectivity index (χ2v) is 5.96. The van der Waals surface area contributed by atoms with Gasteiger partial charge in [0.05, 0.1) is 17.1 Å². The first-order valence-electron chi connectivity index (χ1n) is 6.47. The van der Waals surface area contributed by atoms with Gasteiger partial charge in [0.2, 0.25) is 5.91 Å². The van der Waals surface area contributed by atoms with Crippen molar-refractivity contribution >= 4 is 23.2 Å². The van der Waals surface area contributed by atoms with Crippen LogP contribution in [0, 0.1) is 13.8 Å². The predicted molar refractivity (Wildman–Crippen MR) is 80.3 cm³/mol. The number of carboxylic acids is 1. The van der Waals surface area contributed by atoms with E-state index in [9.17, 15) is 14.7 Å². The van der Waals surface area contributed by atoms with Crippen LogP contribution in [-0.2, 0) is 16.0 Å². The van der Waals surface area contributed by atoms with Gasteiger partial charge >= 0.3 is 5.97 Å². The molecule has 0 saturated carbocycles. The minimum absolute atomic E-state index is 0.147. The lowest BCUT2D eigenvalue weighted by Gasteiger charge is -2.14. The number of hydrogen-bond acceptors (Lipinski definition) is 4. The highest BCUT2D eigenvalue weighted by Gasteiger charge is 2.22. The highest BCUT2D eigenvalue weighted by molar-refractivity contribution is 7.11. The lowest BCUT2D eigenvalue weighted by atomic mass is 10.1. The first kappa shape index (κ1) is 15.2. The van der Waals surface area contributed by atoms with Crippen LogP contribution in [0.4, 0.5) is 0 Å². The minimum atomic E-state index is -1.08. The molecule has 21 heavy (non-hydrogen) atoms. The Morgan fingerprint density at radius 3 is 2.48 bits per heavy atom. The third-order valence-corrected chi connectivity index (χ3v) is 4.08. The lowest BCUT2D eigenvalue weighted by molar-refractivity contribution is -0.141. The van der Waals surface area contributed by atoms with E-state index in [-0.39, 0.29) is 12.3 Å². The highest BCUT2D eigenvalue weighted by atomic mass is 32.1. The number of aryl methyl sites for hydroxylation is 2. The van der Waals surface area contributed by atoms with Crippen molar-refractivity contribution in [1.29, 1.82) is 0 Å². The molecule has 1 amide bonds. The van der Waals surface area contributed by atoms with E-state index in [0.29, 0.717) is 5.56 Å². The molecule has 110 valence electrons. The number of benzene rings is 1. The molecule has 0 aliphatic carbocycles. The summed E-state index contributed by atoms with van der Waals surface area (Å²) in [6.07, 6.45) is 0.147. The molecule has 0 radical (unpaired) electrons. The van der Waals surface area contributed by atoms with Crippen LogP contribution in [0.2, 0.25) is 0 Å². The molecule has 1 atom stereocenters. The van der Waals surface area contributed by atoms with Crippen molar-refractivity contribution in [2.75, 3.05) is 0 Å². The summed E-state index contributed by atoms with van der Waals surface area (Å²) >= 11 is 1.45. The number of nitrogens with zero attached hydrogens (tertiary/aromatic N) is 1. The number of aliphatic carboxylic acids is 1. The largest absolute Gasteiger partial charge is 0.479 e. The SMILES string of the molecule is Cc1nc(C)c(CC(=O)NC(C(=O)O)c2ccccc2)s1. The number of thiazole rings is 1. The molecule has 1 aromatic heterocycles. The van der Waals surface area contributed by atoms with Crippen LogP contribution in [-0.4, -0.2) is 22.0 Å². The van der Waals surface area contributed by atoms with Crippen LogP contribution in [0.3, 0.4) is 0 Å². The molecule has 2 N–H and O–H groups in total. The maximum Gasteiger partial charge on any atom is 0.330 e. The van der Waals surface area contributed by atoms with E-state index in [1.807, 2.05) is 13.8 Å². The maximum absolute atomic E-state index is 12.1. The summed E-state index contributed by atoms with van der Waals surface area (Å²) in [5, 5.41) is 12.7. The number of amides is 1. The van der Waals surface area contributed by atoms with E-state index in [1.54, 1.807) is 30.3 Å². The Labute approximate surface area is 126 Å².